The molecule has 0 bridgehead atoms. The highest BCUT2D eigenvalue weighted by Gasteiger charge is 2.02. The molecule has 1 amide bonds. The van der Waals surface area contributed by atoms with Gasteiger partial charge < -0.3 is 10.1 Å². The maximum Gasteiger partial charge on any atom is 0.224 e. The Morgan fingerprint density at radius 3 is 2.45 bits per heavy atom. The molecule has 20 heavy (non-hydrogen) atoms. The zero-order valence-electron chi connectivity index (χ0n) is 11.0. The molecule has 4 heteroatoms. The molecule has 0 heterocycles. The summed E-state index contributed by atoms with van der Waals surface area (Å²) in [7, 11) is 0. The summed E-state index contributed by atoms with van der Waals surface area (Å²) < 4.78 is 6.69. The maximum absolute atomic E-state index is 11.7. The first kappa shape index (κ1) is 14.8. The lowest BCUT2D eigenvalue weighted by atomic mass is 10.2. The van der Waals surface area contributed by atoms with Gasteiger partial charge in [-0.25, -0.2) is 0 Å². The number of ether oxygens (including phenoxy) is 1. The largest absolute Gasteiger partial charge is 0.494 e. The van der Waals surface area contributed by atoms with E-state index in [9.17, 15) is 4.79 Å². The molecule has 0 unspecified atom stereocenters. The van der Waals surface area contributed by atoms with Gasteiger partial charge in [0.15, 0.2) is 0 Å². The van der Waals surface area contributed by atoms with Crippen molar-refractivity contribution in [3.8, 4) is 5.75 Å². The molecule has 2 aromatic rings. The second-order valence-electron chi connectivity index (χ2n) is 4.32. The van der Waals surface area contributed by atoms with Gasteiger partial charge in [0.05, 0.1) is 6.61 Å². The van der Waals surface area contributed by atoms with Crippen molar-refractivity contribution in [1.82, 2.24) is 0 Å². The Morgan fingerprint density at radius 1 is 1.05 bits per heavy atom. The fraction of sp³-hybridized carbons (Fsp3) is 0.188. The number of halogens is 1. The molecule has 0 atom stereocenters. The van der Waals surface area contributed by atoms with Gasteiger partial charge in [0.2, 0.25) is 5.91 Å². The van der Waals surface area contributed by atoms with E-state index in [0.29, 0.717) is 19.4 Å². The lowest BCUT2D eigenvalue weighted by Crippen LogP contribution is -2.12. The highest BCUT2D eigenvalue weighted by Crippen LogP contribution is 2.12. The van der Waals surface area contributed by atoms with Gasteiger partial charge in [-0.05, 0) is 65.4 Å². The smallest absolute Gasteiger partial charge is 0.224 e. The third-order valence-electron chi connectivity index (χ3n) is 2.69. The molecule has 0 spiro atoms. The third kappa shape index (κ3) is 5.21. The molecule has 0 aliphatic rings. The molecule has 1 N–H and O–H groups in total. The molecule has 104 valence electrons. The number of para-hydroxylation sites is 1. The normalized spacial score (nSPS) is 10.1. The van der Waals surface area contributed by atoms with Crippen LogP contribution in [0.1, 0.15) is 12.8 Å². The van der Waals surface area contributed by atoms with Gasteiger partial charge in [-0.15, -0.1) is 0 Å². The van der Waals surface area contributed by atoms with Crippen LogP contribution < -0.4 is 10.1 Å². The monoisotopic (exact) mass is 381 g/mol. The summed E-state index contributed by atoms with van der Waals surface area (Å²) >= 11 is 2.23. The van der Waals surface area contributed by atoms with Gasteiger partial charge >= 0.3 is 0 Å². The minimum Gasteiger partial charge on any atom is -0.494 e. The number of carbonyl (C=O) groups excluding carboxylic acids is 1. The molecule has 0 saturated heterocycles. The Hall–Kier alpha value is -1.56. The number of benzene rings is 2. The summed E-state index contributed by atoms with van der Waals surface area (Å²) in [5.74, 6) is 0.855. The number of hydrogen-bond acceptors (Lipinski definition) is 2. The summed E-state index contributed by atoms with van der Waals surface area (Å²) in [5.41, 5.74) is 0.833. The van der Waals surface area contributed by atoms with Crippen molar-refractivity contribution >= 4 is 34.2 Å². The topological polar surface area (TPSA) is 38.3 Å². The average Bonchev–Trinajstić information content (AvgIpc) is 2.47. The zero-order chi connectivity index (χ0) is 14.2. The number of amides is 1. The van der Waals surface area contributed by atoms with Crippen LogP contribution in [-0.4, -0.2) is 12.5 Å². The minimum absolute atomic E-state index is 0.0165. The number of carbonyl (C=O) groups is 1. The van der Waals surface area contributed by atoms with Crippen LogP contribution in [0, 0.1) is 3.57 Å². The number of anilines is 1. The second-order valence-corrected chi connectivity index (χ2v) is 5.57. The summed E-state index contributed by atoms with van der Waals surface area (Å²) in [5, 5.41) is 2.87. The molecule has 2 aromatic carbocycles. The van der Waals surface area contributed by atoms with Crippen molar-refractivity contribution in [2.24, 2.45) is 0 Å². The zero-order valence-corrected chi connectivity index (χ0v) is 13.2. The highest BCUT2D eigenvalue weighted by atomic mass is 127. The van der Waals surface area contributed by atoms with Gasteiger partial charge in [-0.1, -0.05) is 18.2 Å². The first-order valence-electron chi connectivity index (χ1n) is 6.47. The predicted molar refractivity (Wildman–Crippen MR) is 89.0 cm³/mol. The number of nitrogens with one attached hydrogen (secondary N) is 1. The summed E-state index contributed by atoms with van der Waals surface area (Å²) in [6.07, 6.45) is 1.16. The van der Waals surface area contributed by atoms with E-state index in [4.69, 9.17) is 4.74 Å². The lowest BCUT2D eigenvalue weighted by Gasteiger charge is -2.07. The molecular weight excluding hydrogens is 365 g/mol. The SMILES string of the molecule is O=C(CCCOc1ccccc1)Nc1ccc(I)cc1. The molecule has 2 rings (SSSR count). The Kier molecular flexibility index (Phi) is 5.86. The van der Waals surface area contributed by atoms with Crippen LogP contribution in [-0.2, 0) is 4.79 Å². The average molecular weight is 381 g/mol. The van der Waals surface area contributed by atoms with E-state index in [-0.39, 0.29) is 5.91 Å². The Balaban J connectivity index is 1.66. The van der Waals surface area contributed by atoms with Crippen molar-refractivity contribution in [3.05, 3.63) is 58.2 Å². The van der Waals surface area contributed by atoms with Crippen LogP contribution >= 0.6 is 22.6 Å². The van der Waals surface area contributed by atoms with Crippen LogP contribution in [0.4, 0.5) is 5.69 Å². The molecule has 0 fully saturated rings. The van der Waals surface area contributed by atoms with Gasteiger partial charge in [-0.3, -0.25) is 4.79 Å². The van der Waals surface area contributed by atoms with Crippen molar-refractivity contribution in [2.45, 2.75) is 12.8 Å². The molecule has 0 aromatic heterocycles. The van der Waals surface area contributed by atoms with Crippen LogP contribution in [0.5, 0.6) is 5.75 Å². The Morgan fingerprint density at radius 2 is 1.75 bits per heavy atom. The van der Waals surface area contributed by atoms with Gasteiger partial charge in [0, 0.05) is 15.7 Å². The summed E-state index contributed by atoms with van der Waals surface area (Å²) in [4.78, 5) is 11.7. The van der Waals surface area contributed by atoms with Crippen LogP contribution in [0.25, 0.3) is 0 Å². The molecule has 0 aliphatic heterocycles. The Labute approximate surface area is 132 Å². The molecular formula is C16H16INO2. The third-order valence-corrected chi connectivity index (χ3v) is 3.41. The molecule has 3 nitrogen and oxygen atoms in total. The maximum atomic E-state index is 11.7. The molecule has 0 saturated carbocycles. The number of hydrogen-bond donors (Lipinski definition) is 1. The lowest BCUT2D eigenvalue weighted by molar-refractivity contribution is -0.116. The van der Waals surface area contributed by atoms with E-state index in [1.165, 1.54) is 0 Å². The van der Waals surface area contributed by atoms with E-state index in [0.717, 1.165) is 15.0 Å². The fourth-order valence-corrected chi connectivity index (χ4v) is 2.06. The minimum atomic E-state index is 0.0165. The van der Waals surface area contributed by atoms with Crippen LogP contribution in [0.15, 0.2) is 54.6 Å². The van der Waals surface area contributed by atoms with Crippen LogP contribution in [0.2, 0.25) is 0 Å². The van der Waals surface area contributed by atoms with Gasteiger partial charge in [0.1, 0.15) is 5.75 Å². The van der Waals surface area contributed by atoms with E-state index >= 15 is 0 Å². The van der Waals surface area contributed by atoms with Crippen molar-refractivity contribution < 1.29 is 9.53 Å². The Bertz CT molecular complexity index is 540. The first-order valence-corrected chi connectivity index (χ1v) is 7.55. The fourth-order valence-electron chi connectivity index (χ4n) is 1.70. The predicted octanol–water partition coefficient (Wildman–Crippen LogP) is 4.09. The van der Waals surface area contributed by atoms with E-state index in [1.807, 2.05) is 54.6 Å². The standard InChI is InChI=1S/C16H16INO2/c17-13-8-10-14(11-9-13)18-16(19)7-4-12-20-15-5-2-1-3-6-15/h1-3,5-6,8-11H,4,7,12H2,(H,18,19). The van der Waals surface area contributed by atoms with E-state index in [1.54, 1.807) is 0 Å². The molecule has 0 radical (unpaired) electrons. The van der Waals surface area contributed by atoms with Gasteiger partial charge in [0.25, 0.3) is 0 Å². The van der Waals surface area contributed by atoms with Crippen LogP contribution in [0.3, 0.4) is 0 Å². The van der Waals surface area contributed by atoms with Crippen molar-refractivity contribution in [2.75, 3.05) is 11.9 Å². The quantitative estimate of drug-likeness (QED) is 0.605. The van der Waals surface area contributed by atoms with Crippen molar-refractivity contribution in [1.29, 1.82) is 0 Å². The van der Waals surface area contributed by atoms with E-state index < -0.39 is 0 Å². The first-order chi connectivity index (χ1) is 9.74. The van der Waals surface area contributed by atoms with Crippen molar-refractivity contribution in [3.63, 3.8) is 0 Å². The molecule has 0 aliphatic carbocycles. The van der Waals surface area contributed by atoms with Gasteiger partial charge in [-0.2, -0.15) is 0 Å². The second kappa shape index (κ2) is 7.89. The number of rotatable bonds is 6. The van der Waals surface area contributed by atoms with E-state index in [2.05, 4.69) is 27.9 Å². The highest BCUT2D eigenvalue weighted by molar-refractivity contribution is 14.1. The summed E-state index contributed by atoms with van der Waals surface area (Å²) in [6.45, 7) is 0.546. The summed E-state index contributed by atoms with van der Waals surface area (Å²) in [6, 6.07) is 17.4.